The molecule has 0 N–H and O–H groups in total. The van der Waals surface area contributed by atoms with Crippen molar-refractivity contribution in [2.75, 3.05) is 14.2 Å². The fourth-order valence-electron chi connectivity index (χ4n) is 1.41. The molecule has 0 spiro atoms. The van der Waals surface area contributed by atoms with Gasteiger partial charge in [-0.05, 0) is 0 Å². The fraction of sp³-hybridized carbons (Fsp3) is 0.400. The van der Waals surface area contributed by atoms with Gasteiger partial charge in [-0.1, -0.05) is 0 Å². The Labute approximate surface area is 106 Å². The summed E-state index contributed by atoms with van der Waals surface area (Å²) in [5, 5.41) is 10.8. The lowest BCUT2D eigenvalue weighted by molar-refractivity contribution is -0.386. The number of ether oxygens (including phenoxy) is 2. The van der Waals surface area contributed by atoms with Crippen molar-refractivity contribution >= 4 is 11.7 Å². The van der Waals surface area contributed by atoms with Gasteiger partial charge in [0, 0.05) is 0 Å². The molecule has 104 valence electrons. The normalized spacial score (nSPS) is 10.4. The molecule has 0 bridgehead atoms. The predicted octanol–water partition coefficient (Wildman–Crippen LogP) is 1.65. The van der Waals surface area contributed by atoms with E-state index in [2.05, 4.69) is 14.5 Å². The number of hydrogen-bond acceptors (Lipinski definition) is 6. The summed E-state index contributed by atoms with van der Waals surface area (Å²) in [7, 11) is 2.25. The van der Waals surface area contributed by atoms with Crippen molar-refractivity contribution in [1.82, 2.24) is 4.98 Å². The molecule has 0 saturated carbocycles. The van der Waals surface area contributed by atoms with E-state index in [1.807, 2.05) is 0 Å². The number of hydrogen-bond donors (Lipinski definition) is 0. The third-order valence-corrected chi connectivity index (χ3v) is 2.26. The minimum absolute atomic E-state index is 0.227. The van der Waals surface area contributed by atoms with Gasteiger partial charge in [0.2, 0.25) is 5.88 Å². The van der Waals surface area contributed by atoms with Crippen molar-refractivity contribution in [2.45, 2.75) is 12.8 Å². The number of aromatic nitrogens is 1. The lowest BCUT2D eigenvalue weighted by Crippen LogP contribution is -2.11. The van der Waals surface area contributed by atoms with Crippen molar-refractivity contribution in [2.24, 2.45) is 0 Å². The Kier molecular flexibility index (Phi) is 4.67. The van der Waals surface area contributed by atoms with Gasteiger partial charge in [0.15, 0.2) is 0 Å². The Morgan fingerprint density at radius 3 is 2.58 bits per heavy atom. The molecule has 19 heavy (non-hydrogen) atoms. The lowest BCUT2D eigenvalue weighted by atomic mass is 10.1. The fourth-order valence-corrected chi connectivity index (χ4v) is 1.41. The highest BCUT2D eigenvalue weighted by Gasteiger charge is 2.29. The molecule has 9 heteroatoms. The summed E-state index contributed by atoms with van der Waals surface area (Å²) in [6, 6.07) is 0.780. The van der Waals surface area contributed by atoms with E-state index >= 15 is 0 Å². The maximum Gasteiger partial charge on any atom is 0.311 e. The molecular weight excluding hydrogens is 266 g/mol. The van der Waals surface area contributed by atoms with Crippen LogP contribution in [-0.2, 0) is 16.0 Å². The smallest absolute Gasteiger partial charge is 0.311 e. The second-order valence-corrected chi connectivity index (χ2v) is 3.35. The molecule has 0 fully saturated rings. The molecule has 0 amide bonds. The molecule has 1 aromatic rings. The molecule has 0 radical (unpaired) electrons. The van der Waals surface area contributed by atoms with Crippen LogP contribution in [-0.4, -0.2) is 30.1 Å². The Balaban J connectivity index is 3.43. The Morgan fingerprint density at radius 1 is 1.53 bits per heavy atom. The largest absolute Gasteiger partial charge is 0.481 e. The number of pyridine rings is 1. The van der Waals surface area contributed by atoms with E-state index in [0.717, 1.165) is 13.2 Å². The molecule has 0 aliphatic rings. The highest BCUT2D eigenvalue weighted by molar-refractivity contribution is 5.73. The highest BCUT2D eigenvalue weighted by Crippen LogP contribution is 2.34. The number of carbonyl (C=O) groups excluding carboxylic acids is 1. The monoisotopic (exact) mass is 276 g/mol. The van der Waals surface area contributed by atoms with Crippen molar-refractivity contribution in [3.63, 3.8) is 0 Å². The van der Waals surface area contributed by atoms with Crippen LogP contribution in [0.15, 0.2) is 6.07 Å². The number of nitro groups is 1. The summed E-state index contributed by atoms with van der Waals surface area (Å²) in [6.07, 6.45) is -3.74. The third-order valence-electron chi connectivity index (χ3n) is 2.26. The number of esters is 1. The summed E-state index contributed by atoms with van der Waals surface area (Å²) in [5.41, 5.74) is -2.19. The average Bonchev–Trinajstić information content (AvgIpc) is 2.36. The zero-order valence-corrected chi connectivity index (χ0v) is 10.1. The molecule has 0 aliphatic carbocycles. The van der Waals surface area contributed by atoms with Crippen LogP contribution < -0.4 is 4.74 Å². The average molecular weight is 276 g/mol. The highest BCUT2D eigenvalue weighted by atomic mass is 19.3. The van der Waals surface area contributed by atoms with Crippen LogP contribution in [0.5, 0.6) is 5.88 Å². The minimum atomic E-state index is -3.14. The Bertz CT molecular complexity index is 507. The van der Waals surface area contributed by atoms with Gasteiger partial charge in [-0.3, -0.25) is 14.9 Å². The first kappa shape index (κ1) is 14.7. The zero-order valence-electron chi connectivity index (χ0n) is 10.1. The zero-order chi connectivity index (χ0) is 14.6. The van der Waals surface area contributed by atoms with Crippen LogP contribution in [0.3, 0.4) is 0 Å². The van der Waals surface area contributed by atoms with Gasteiger partial charge < -0.3 is 9.47 Å². The van der Waals surface area contributed by atoms with Crippen LogP contribution in [0.1, 0.15) is 17.7 Å². The van der Waals surface area contributed by atoms with Crippen LogP contribution >= 0.6 is 0 Å². The topological polar surface area (TPSA) is 91.6 Å². The van der Waals surface area contributed by atoms with Gasteiger partial charge in [-0.25, -0.2) is 13.8 Å². The van der Waals surface area contributed by atoms with E-state index in [-0.39, 0.29) is 5.88 Å². The number of carbonyl (C=O) groups is 1. The van der Waals surface area contributed by atoms with Crippen molar-refractivity contribution in [3.8, 4) is 5.88 Å². The van der Waals surface area contributed by atoms with E-state index in [0.29, 0.717) is 0 Å². The summed E-state index contributed by atoms with van der Waals surface area (Å²) in [5.74, 6) is -1.06. The quantitative estimate of drug-likeness (QED) is 0.461. The second-order valence-electron chi connectivity index (χ2n) is 3.35. The second kappa shape index (κ2) is 6.03. The van der Waals surface area contributed by atoms with Crippen molar-refractivity contribution < 1.29 is 28.0 Å². The molecule has 0 aromatic carbocycles. The van der Waals surface area contributed by atoms with Gasteiger partial charge in [0.1, 0.15) is 5.56 Å². The van der Waals surface area contributed by atoms with Gasteiger partial charge in [-0.15, -0.1) is 0 Å². The van der Waals surface area contributed by atoms with Crippen LogP contribution in [0.25, 0.3) is 0 Å². The SMILES string of the molecule is COC(=O)Cc1nc(OC)cc([N+](=O)[O-])c1C(F)F. The first-order chi connectivity index (χ1) is 8.90. The van der Waals surface area contributed by atoms with E-state index < -0.39 is 40.7 Å². The first-order valence-corrected chi connectivity index (χ1v) is 4.97. The van der Waals surface area contributed by atoms with Crippen LogP contribution in [0.2, 0.25) is 0 Å². The number of rotatable bonds is 5. The minimum Gasteiger partial charge on any atom is -0.481 e. The maximum atomic E-state index is 12.9. The number of methoxy groups -OCH3 is 2. The molecule has 0 atom stereocenters. The van der Waals surface area contributed by atoms with Crippen molar-refractivity contribution in [3.05, 3.63) is 27.4 Å². The van der Waals surface area contributed by atoms with Crippen LogP contribution in [0, 0.1) is 10.1 Å². The maximum absolute atomic E-state index is 12.9. The van der Waals surface area contributed by atoms with Gasteiger partial charge >= 0.3 is 5.97 Å². The number of halogens is 2. The van der Waals surface area contributed by atoms with E-state index in [4.69, 9.17) is 0 Å². The molecule has 0 aliphatic heterocycles. The Morgan fingerprint density at radius 2 is 2.16 bits per heavy atom. The summed E-state index contributed by atoms with van der Waals surface area (Å²) < 4.78 is 34.8. The van der Waals surface area contributed by atoms with Gasteiger partial charge in [0.25, 0.3) is 12.1 Å². The van der Waals surface area contributed by atoms with Crippen molar-refractivity contribution in [1.29, 1.82) is 0 Å². The molecule has 1 rings (SSSR count). The molecule has 7 nitrogen and oxygen atoms in total. The Hall–Kier alpha value is -2.32. The molecule has 1 heterocycles. The van der Waals surface area contributed by atoms with E-state index in [9.17, 15) is 23.7 Å². The van der Waals surface area contributed by atoms with Crippen LogP contribution in [0.4, 0.5) is 14.5 Å². The third kappa shape index (κ3) is 3.33. The predicted molar refractivity (Wildman–Crippen MR) is 58.1 cm³/mol. The molecule has 0 unspecified atom stereocenters. The molecule has 1 aromatic heterocycles. The lowest BCUT2D eigenvalue weighted by Gasteiger charge is -2.09. The molecular formula is C10H10F2N2O5. The van der Waals surface area contributed by atoms with Gasteiger partial charge in [-0.2, -0.15) is 0 Å². The summed E-state index contributed by atoms with van der Waals surface area (Å²) in [6.45, 7) is 0. The number of nitrogens with zero attached hydrogens (tertiary/aromatic N) is 2. The first-order valence-electron chi connectivity index (χ1n) is 4.97. The van der Waals surface area contributed by atoms with E-state index in [1.165, 1.54) is 7.11 Å². The van der Waals surface area contributed by atoms with Gasteiger partial charge in [0.05, 0.1) is 37.3 Å². The number of alkyl halides is 2. The summed E-state index contributed by atoms with van der Waals surface area (Å²) >= 11 is 0. The summed E-state index contributed by atoms with van der Waals surface area (Å²) in [4.78, 5) is 24.5. The van der Waals surface area contributed by atoms with E-state index in [1.54, 1.807) is 0 Å². The molecule has 0 saturated heterocycles. The standard InChI is InChI=1S/C10H10F2N2O5/c1-18-7-4-6(14(16)17)9(10(11)12)5(13-7)3-8(15)19-2/h4,10H,3H2,1-2H3.